The van der Waals surface area contributed by atoms with Crippen LogP contribution in [0, 0.1) is 0 Å². The number of carbonyl (C=O) groups excluding carboxylic acids is 1. The zero-order valence-corrected chi connectivity index (χ0v) is 10.1. The lowest BCUT2D eigenvalue weighted by Gasteiger charge is -2.06. The summed E-state index contributed by atoms with van der Waals surface area (Å²) in [5, 5.41) is 0. The molecule has 0 saturated carbocycles. The van der Waals surface area contributed by atoms with Gasteiger partial charge < -0.3 is 9.57 Å². The Kier molecular flexibility index (Phi) is 4.74. The van der Waals surface area contributed by atoms with Crippen molar-refractivity contribution in [1.29, 1.82) is 0 Å². The van der Waals surface area contributed by atoms with Crippen LogP contribution in [0.5, 0.6) is 0 Å². The molecule has 82 valence electrons. The minimum atomic E-state index is -0.345. The van der Waals surface area contributed by atoms with Crippen molar-refractivity contribution in [2.75, 3.05) is 14.2 Å². The lowest BCUT2D eigenvalue weighted by molar-refractivity contribution is 0.0600. The second-order valence-electron chi connectivity index (χ2n) is 2.82. The highest BCUT2D eigenvalue weighted by molar-refractivity contribution is 9.10. The van der Waals surface area contributed by atoms with Crippen molar-refractivity contribution in [3.05, 3.63) is 33.8 Å². The largest absolute Gasteiger partial charge is 0.465 e. The summed E-state index contributed by atoms with van der Waals surface area (Å²) in [4.78, 5) is 15.9. The fourth-order valence-electron chi connectivity index (χ4n) is 1.09. The van der Waals surface area contributed by atoms with Crippen LogP contribution in [0.15, 0.2) is 22.7 Å². The molecule has 15 heavy (non-hydrogen) atoms. The van der Waals surface area contributed by atoms with Gasteiger partial charge in [-0.1, -0.05) is 22.0 Å². The first-order valence-electron chi connectivity index (χ1n) is 4.31. The van der Waals surface area contributed by atoms with Gasteiger partial charge in [-0.3, -0.25) is 0 Å². The van der Waals surface area contributed by atoms with E-state index in [1.165, 1.54) is 7.11 Å². The number of nitrogens with one attached hydrogen (secondary N) is 1. The van der Waals surface area contributed by atoms with Gasteiger partial charge in [-0.05, 0) is 17.7 Å². The van der Waals surface area contributed by atoms with Crippen LogP contribution >= 0.6 is 15.9 Å². The highest BCUT2D eigenvalue weighted by Crippen LogP contribution is 2.19. The molecule has 1 N–H and O–H groups in total. The summed E-state index contributed by atoms with van der Waals surface area (Å²) < 4.78 is 5.45. The van der Waals surface area contributed by atoms with E-state index in [0.29, 0.717) is 12.1 Å². The molecule has 0 unspecified atom stereocenters. The fourth-order valence-corrected chi connectivity index (χ4v) is 1.60. The first kappa shape index (κ1) is 12.2. The molecule has 0 fully saturated rings. The molecule has 0 radical (unpaired) electrons. The van der Waals surface area contributed by atoms with Gasteiger partial charge in [0.05, 0.1) is 19.8 Å². The van der Waals surface area contributed by atoms with E-state index in [4.69, 9.17) is 4.84 Å². The predicted molar refractivity (Wildman–Crippen MR) is 59.3 cm³/mol. The summed E-state index contributed by atoms with van der Waals surface area (Å²) in [5.41, 5.74) is 4.25. The molecule has 0 aromatic heterocycles. The number of hydroxylamine groups is 1. The maximum absolute atomic E-state index is 11.2. The van der Waals surface area contributed by atoms with Crippen molar-refractivity contribution in [3.8, 4) is 0 Å². The smallest absolute Gasteiger partial charge is 0.337 e. The lowest BCUT2D eigenvalue weighted by Crippen LogP contribution is -2.11. The minimum Gasteiger partial charge on any atom is -0.465 e. The Morgan fingerprint density at radius 3 is 2.73 bits per heavy atom. The lowest BCUT2D eigenvalue weighted by atomic mass is 10.1. The molecule has 0 spiro atoms. The van der Waals surface area contributed by atoms with Gasteiger partial charge in [0.1, 0.15) is 0 Å². The number of carbonyl (C=O) groups is 1. The van der Waals surface area contributed by atoms with Gasteiger partial charge in [0.25, 0.3) is 0 Å². The predicted octanol–water partition coefficient (Wildman–Crippen LogP) is 1.89. The molecule has 0 aliphatic heterocycles. The van der Waals surface area contributed by atoms with Crippen molar-refractivity contribution in [3.63, 3.8) is 0 Å². The Labute approximate surface area is 96.7 Å². The third-order valence-corrected chi connectivity index (χ3v) is 2.62. The molecule has 4 nitrogen and oxygen atoms in total. The van der Waals surface area contributed by atoms with Crippen molar-refractivity contribution < 1.29 is 14.4 Å². The number of halogens is 1. The third kappa shape index (κ3) is 3.30. The van der Waals surface area contributed by atoms with Gasteiger partial charge in [0.2, 0.25) is 0 Å². The second-order valence-corrected chi connectivity index (χ2v) is 3.68. The van der Waals surface area contributed by atoms with Crippen LogP contribution in [-0.4, -0.2) is 20.2 Å². The molecule has 1 rings (SSSR count). The Bertz CT molecular complexity index is 355. The number of hydrogen-bond acceptors (Lipinski definition) is 4. The summed E-state index contributed by atoms with van der Waals surface area (Å²) in [5.74, 6) is -0.345. The molecule has 0 heterocycles. The Hall–Kier alpha value is -0.910. The first-order chi connectivity index (χ1) is 7.19. The monoisotopic (exact) mass is 273 g/mol. The number of methoxy groups -OCH3 is 1. The average molecular weight is 274 g/mol. The molecule has 0 aliphatic rings. The van der Waals surface area contributed by atoms with Gasteiger partial charge in [0.15, 0.2) is 0 Å². The molecule has 1 aromatic carbocycles. The summed E-state index contributed by atoms with van der Waals surface area (Å²) in [6.45, 7) is 0.568. The molecule has 5 heteroatoms. The molecule has 0 bridgehead atoms. The zero-order chi connectivity index (χ0) is 11.3. The summed E-state index contributed by atoms with van der Waals surface area (Å²) in [7, 11) is 2.91. The van der Waals surface area contributed by atoms with E-state index >= 15 is 0 Å². The second kappa shape index (κ2) is 5.85. The molecule has 0 amide bonds. The Morgan fingerprint density at radius 1 is 1.47 bits per heavy atom. The van der Waals surface area contributed by atoms with Crippen molar-refractivity contribution in [1.82, 2.24) is 5.48 Å². The maximum Gasteiger partial charge on any atom is 0.337 e. The van der Waals surface area contributed by atoms with E-state index in [1.54, 1.807) is 19.2 Å². The normalized spacial score (nSPS) is 10.1. The van der Waals surface area contributed by atoms with Crippen LogP contribution < -0.4 is 5.48 Å². The number of esters is 1. The van der Waals surface area contributed by atoms with Gasteiger partial charge in [-0.15, -0.1) is 0 Å². The highest BCUT2D eigenvalue weighted by Gasteiger charge is 2.07. The maximum atomic E-state index is 11.2. The van der Waals surface area contributed by atoms with E-state index in [1.807, 2.05) is 6.07 Å². The van der Waals surface area contributed by atoms with Crippen molar-refractivity contribution in [2.24, 2.45) is 0 Å². The van der Waals surface area contributed by atoms with E-state index in [9.17, 15) is 4.79 Å². The summed E-state index contributed by atoms with van der Waals surface area (Å²) >= 11 is 3.37. The third-order valence-electron chi connectivity index (χ3n) is 1.88. The minimum absolute atomic E-state index is 0.345. The number of rotatable bonds is 4. The van der Waals surface area contributed by atoms with Gasteiger partial charge in [-0.25, -0.2) is 4.79 Å². The van der Waals surface area contributed by atoms with E-state index < -0.39 is 0 Å². The molecular weight excluding hydrogens is 262 g/mol. The van der Waals surface area contributed by atoms with E-state index in [-0.39, 0.29) is 5.97 Å². The quantitative estimate of drug-likeness (QED) is 0.672. The fraction of sp³-hybridized carbons (Fsp3) is 0.300. The van der Waals surface area contributed by atoms with Crippen molar-refractivity contribution >= 4 is 21.9 Å². The van der Waals surface area contributed by atoms with Gasteiger partial charge in [-0.2, -0.15) is 5.48 Å². The molecule has 0 atom stereocenters. The zero-order valence-electron chi connectivity index (χ0n) is 8.54. The van der Waals surface area contributed by atoms with Crippen LogP contribution in [0.1, 0.15) is 15.9 Å². The first-order valence-corrected chi connectivity index (χ1v) is 5.11. The molecular formula is C10H12BrNO3. The molecule has 0 saturated heterocycles. The number of hydrogen-bond donors (Lipinski definition) is 1. The van der Waals surface area contributed by atoms with Crippen LogP contribution in [0.2, 0.25) is 0 Å². The van der Waals surface area contributed by atoms with Gasteiger partial charge in [0, 0.05) is 11.0 Å². The molecule has 1 aromatic rings. The SMILES string of the molecule is CONCc1ccc(C(=O)OC)cc1Br. The highest BCUT2D eigenvalue weighted by atomic mass is 79.9. The van der Waals surface area contributed by atoms with E-state index in [2.05, 4.69) is 26.1 Å². The molecule has 0 aliphatic carbocycles. The van der Waals surface area contributed by atoms with Crippen molar-refractivity contribution in [2.45, 2.75) is 6.54 Å². The summed E-state index contributed by atoms with van der Waals surface area (Å²) in [6, 6.07) is 5.27. The van der Waals surface area contributed by atoms with Crippen LogP contribution in [0.3, 0.4) is 0 Å². The van der Waals surface area contributed by atoms with E-state index in [0.717, 1.165) is 10.0 Å². The van der Waals surface area contributed by atoms with Crippen LogP contribution in [0.25, 0.3) is 0 Å². The average Bonchev–Trinajstić information content (AvgIpc) is 2.26. The Morgan fingerprint density at radius 2 is 2.20 bits per heavy atom. The topological polar surface area (TPSA) is 47.6 Å². The number of ether oxygens (including phenoxy) is 1. The number of benzene rings is 1. The summed E-state index contributed by atoms with van der Waals surface area (Å²) in [6.07, 6.45) is 0. The van der Waals surface area contributed by atoms with Crippen LogP contribution in [0.4, 0.5) is 0 Å². The van der Waals surface area contributed by atoms with Crippen LogP contribution in [-0.2, 0) is 16.1 Å². The van der Waals surface area contributed by atoms with Gasteiger partial charge >= 0.3 is 5.97 Å². The standard InChI is InChI=1S/C10H12BrNO3/c1-14-10(13)7-3-4-8(6-12-15-2)9(11)5-7/h3-5,12H,6H2,1-2H3. The Balaban J connectivity index is 2.83.